The van der Waals surface area contributed by atoms with Crippen molar-refractivity contribution >= 4 is 42.9 Å². The third-order valence-corrected chi connectivity index (χ3v) is 7.77. The first-order chi connectivity index (χ1) is 13.7. The van der Waals surface area contributed by atoms with Crippen LogP contribution in [0.4, 0.5) is 11.4 Å². The maximum Gasteiger partial charge on any atom is 0.295 e. The molecule has 0 fully saturated rings. The van der Waals surface area contributed by atoms with Gasteiger partial charge in [-0.25, -0.2) is 0 Å². The molecule has 0 aliphatic heterocycles. The van der Waals surface area contributed by atoms with Gasteiger partial charge in [0, 0.05) is 16.4 Å². The van der Waals surface area contributed by atoms with Crippen LogP contribution in [0.25, 0.3) is 10.4 Å². The molecule has 0 spiro atoms. The third-order valence-electron chi connectivity index (χ3n) is 4.96. The van der Waals surface area contributed by atoms with Gasteiger partial charge in [0.2, 0.25) is 0 Å². The Morgan fingerprint density at radius 1 is 0.867 bits per heavy atom. The summed E-state index contributed by atoms with van der Waals surface area (Å²) in [6.07, 6.45) is 0. The Kier molecular flexibility index (Phi) is 5.46. The topological polar surface area (TPSA) is 161 Å². The standard InChI is InChI=1S/C19H20N2O6S3/c1-19(2,11-3-6-13(7-4-11)29(22,23)24)12-5-8-14(16(9-12)30(25,26)27)18-17(21)15(20)10-28-18/h3-10H,20-21H2,1-2H3,(H,22,23,24)(H,25,26,27). The maximum atomic E-state index is 12.1. The van der Waals surface area contributed by atoms with E-state index >= 15 is 0 Å². The van der Waals surface area contributed by atoms with Gasteiger partial charge < -0.3 is 11.5 Å². The molecule has 0 aliphatic rings. The van der Waals surface area contributed by atoms with Gasteiger partial charge in [-0.3, -0.25) is 9.11 Å². The molecule has 1 heterocycles. The van der Waals surface area contributed by atoms with Gasteiger partial charge in [-0.05, 0) is 29.3 Å². The molecule has 30 heavy (non-hydrogen) atoms. The molecule has 160 valence electrons. The number of hydrogen-bond donors (Lipinski definition) is 4. The zero-order valence-electron chi connectivity index (χ0n) is 16.0. The Morgan fingerprint density at radius 2 is 1.43 bits per heavy atom. The highest BCUT2D eigenvalue weighted by molar-refractivity contribution is 7.86. The van der Waals surface area contributed by atoms with E-state index in [2.05, 4.69) is 0 Å². The highest BCUT2D eigenvalue weighted by Gasteiger charge is 2.28. The second kappa shape index (κ2) is 7.36. The van der Waals surface area contributed by atoms with Crippen molar-refractivity contribution in [3.8, 4) is 10.4 Å². The van der Waals surface area contributed by atoms with E-state index in [1.54, 1.807) is 17.5 Å². The van der Waals surface area contributed by atoms with Gasteiger partial charge in [0.1, 0.15) is 4.90 Å². The molecule has 0 unspecified atom stereocenters. The molecular weight excluding hydrogens is 448 g/mol. The Morgan fingerprint density at radius 3 is 1.90 bits per heavy atom. The van der Waals surface area contributed by atoms with Crippen molar-refractivity contribution in [2.75, 3.05) is 11.5 Å². The second-order valence-electron chi connectivity index (χ2n) is 7.24. The van der Waals surface area contributed by atoms with E-state index in [1.165, 1.54) is 41.7 Å². The van der Waals surface area contributed by atoms with E-state index in [0.29, 0.717) is 21.7 Å². The minimum absolute atomic E-state index is 0.234. The number of hydrogen-bond acceptors (Lipinski definition) is 7. The van der Waals surface area contributed by atoms with E-state index in [-0.39, 0.29) is 21.0 Å². The van der Waals surface area contributed by atoms with Crippen LogP contribution >= 0.6 is 11.3 Å². The van der Waals surface area contributed by atoms with Crippen LogP contribution in [0, 0.1) is 0 Å². The highest BCUT2D eigenvalue weighted by atomic mass is 32.2. The summed E-state index contributed by atoms with van der Waals surface area (Å²) >= 11 is 1.17. The van der Waals surface area contributed by atoms with Gasteiger partial charge in [-0.2, -0.15) is 16.8 Å². The molecule has 0 radical (unpaired) electrons. The van der Waals surface area contributed by atoms with Crippen LogP contribution in [0.3, 0.4) is 0 Å². The molecule has 3 rings (SSSR count). The van der Waals surface area contributed by atoms with Gasteiger partial charge in [0.15, 0.2) is 0 Å². The number of anilines is 2. The van der Waals surface area contributed by atoms with Crippen molar-refractivity contribution in [1.82, 2.24) is 0 Å². The molecule has 11 heteroatoms. The van der Waals surface area contributed by atoms with Gasteiger partial charge in [-0.15, -0.1) is 11.3 Å². The van der Waals surface area contributed by atoms with E-state index < -0.39 is 25.7 Å². The summed E-state index contributed by atoms with van der Waals surface area (Å²) < 4.78 is 65.7. The van der Waals surface area contributed by atoms with Crippen molar-refractivity contribution < 1.29 is 25.9 Å². The average molecular weight is 469 g/mol. The van der Waals surface area contributed by atoms with Crippen molar-refractivity contribution in [1.29, 1.82) is 0 Å². The van der Waals surface area contributed by atoms with E-state index in [9.17, 15) is 21.4 Å². The number of thiophene rings is 1. The van der Waals surface area contributed by atoms with Crippen molar-refractivity contribution in [3.63, 3.8) is 0 Å². The number of nitrogens with two attached hydrogens (primary N) is 2. The third kappa shape index (κ3) is 4.07. The van der Waals surface area contributed by atoms with Gasteiger partial charge in [0.05, 0.1) is 21.1 Å². The zero-order chi connectivity index (χ0) is 22.5. The smallest absolute Gasteiger partial charge is 0.295 e. The molecule has 0 saturated carbocycles. The lowest BCUT2D eigenvalue weighted by Crippen LogP contribution is -2.20. The zero-order valence-corrected chi connectivity index (χ0v) is 18.5. The quantitative estimate of drug-likeness (QED) is 0.414. The number of benzene rings is 2. The van der Waals surface area contributed by atoms with Crippen LogP contribution in [-0.4, -0.2) is 25.9 Å². The maximum absolute atomic E-state index is 12.1. The monoisotopic (exact) mass is 468 g/mol. The molecule has 8 nitrogen and oxygen atoms in total. The fourth-order valence-corrected chi connectivity index (χ4v) is 5.30. The van der Waals surface area contributed by atoms with Crippen LogP contribution < -0.4 is 11.5 Å². The summed E-state index contributed by atoms with van der Waals surface area (Å²) in [7, 11) is -8.91. The molecule has 3 aromatic rings. The Hall–Kier alpha value is -2.44. The van der Waals surface area contributed by atoms with Crippen LogP contribution in [0.1, 0.15) is 25.0 Å². The fourth-order valence-electron chi connectivity index (χ4n) is 3.11. The largest absolute Gasteiger partial charge is 0.396 e. The van der Waals surface area contributed by atoms with E-state index in [1.807, 2.05) is 13.8 Å². The van der Waals surface area contributed by atoms with Gasteiger partial charge in [0.25, 0.3) is 20.2 Å². The lowest BCUT2D eigenvalue weighted by molar-refractivity contribution is 0.480. The van der Waals surface area contributed by atoms with Crippen molar-refractivity contribution in [2.45, 2.75) is 29.1 Å². The highest BCUT2D eigenvalue weighted by Crippen LogP contribution is 2.42. The van der Waals surface area contributed by atoms with Crippen LogP contribution in [-0.2, 0) is 25.7 Å². The molecule has 0 bridgehead atoms. The predicted octanol–water partition coefficient (Wildman–Crippen LogP) is 3.40. The molecule has 0 saturated heterocycles. The van der Waals surface area contributed by atoms with Gasteiger partial charge >= 0.3 is 0 Å². The Labute approximate surface area is 178 Å². The summed E-state index contributed by atoms with van der Waals surface area (Å²) in [6.45, 7) is 3.63. The van der Waals surface area contributed by atoms with Crippen LogP contribution in [0.5, 0.6) is 0 Å². The molecule has 0 aliphatic carbocycles. The number of rotatable bonds is 5. The predicted molar refractivity (Wildman–Crippen MR) is 117 cm³/mol. The van der Waals surface area contributed by atoms with Crippen molar-refractivity contribution in [2.24, 2.45) is 0 Å². The first kappa shape index (κ1) is 22.2. The average Bonchev–Trinajstić information content (AvgIpc) is 2.98. The lowest BCUT2D eigenvalue weighted by atomic mass is 9.78. The first-order valence-electron chi connectivity index (χ1n) is 8.56. The SMILES string of the molecule is CC(C)(c1ccc(S(=O)(=O)O)cc1)c1ccc(-c2scc(N)c2N)c(S(=O)(=O)O)c1. The molecule has 0 amide bonds. The minimum Gasteiger partial charge on any atom is -0.396 e. The second-order valence-corrected chi connectivity index (χ2v) is 10.9. The van der Waals surface area contributed by atoms with E-state index in [4.69, 9.17) is 16.0 Å². The molecule has 1 aromatic heterocycles. The fraction of sp³-hybridized carbons (Fsp3) is 0.158. The van der Waals surface area contributed by atoms with Gasteiger partial charge in [-0.1, -0.05) is 38.1 Å². The van der Waals surface area contributed by atoms with E-state index in [0.717, 1.165) is 0 Å². The summed E-state index contributed by atoms with van der Waals surface area (Å²) in [4.78, 5) is -0.125. The first-order valence-corrected chi connectivity index (χ1v) is 12.3. The van der Waals surface area contributed by atoms with Crippen LogP contribution in [0.15, 0.2) is 57.6 Å². The minimum atomic E-state index is -4.58. The molecular formula is C19H20N2O6S3. The van der Waals surface area contributed by atoms with Crippen LogP contribution in [0.2, 0.25) is 0 Å². The lowest BCUT2D eigenvalue weighted by Gasteiger charge is -2.27. The summed E-state index contributed by atoms with van der Waals surface area (Å²) in [5.41, 5.74) is 13.0. The molecule has 2 aromatic carbocycles. The summed E-state index contributed by atoms with van der Waals surface area (Å²) in [6, 6.07) is 10.2. The Bertz CT molecular complexity index is 1330. The summed E-state index contributed by atoms with van der Waals surface area (Å²) in [5.74, 6) is 0. The van der Waals surface area contributed by atoms with Crippen molar-refractivity contribution in [3.05, 3.63) is 59.0 Å². The molecule has 6 N–H and O–H groups in total. The molecule has 0 atom stereocenters. The normalized spacial score (nSPS) is 12.8. The number of nitrogen functional groups attached to an aromatic ring is 2. The summed E-state index contributed by atoms with van der Waals surface area (Å²) in [5, 5.41) is 1.59. The Balaban J connectivity index is 2.16.